The van der Waals surface area contributed by atoms with Crippen molar-refractivity contribution in [2.75, 3.05) is 23.3 Å². The van der Waals surface area contributed by atoms with Crippen molar-refractivity contribution in [3.05, 3.63) is 30.0 Å². The Morgan fingerprint density at radius 1 is 1.10 bits per heavy atom. The second kappa shape index (κ2) is 5.21. The van der Waals surface area contributed by atoms with Crippen molar-refractivity contribution in [2.24, 2.45) is 0 Å². The lowest BCUT2D eigenvalue weighted by Crippen LogP contribution is -2.30. The molecule has 0 unspecified atom stereocenters. The number of piperidine rings is 1. The Labute approximate surface area is 126 Å². The molecule has 1 N–H and O–H groups in total. The summed E-state index contributed by atoms with van der Waals surface area (Å²) in [5.74, 6) is 1.18. The summed E-state index contributed by atoms with van der Waals surface area (Å²) < 4.78 is 0. The van der Waals surface area contributed by atoms with Crippen LogP contribution >= 0.6 is 0 Å². The normalized spacial score (nSPS) is 19.0. The summed E-state index contributed by atoms with van der Waals surface area (Å²) in [6, 6.07) is 7.42. The molecule has 2 fully saturated rings. The minimum Gasteiger partial charge on any atom is -0.381 e. The van der Waals surface area contributed by atoms with E-state index < -0.39 is 0 Å². The molecule has 0 bridgehead atoms. The average molecular weight is 281 g/mol. The predicted molar refractivity (Wildman–Crippen MR) is 89.2 cm³/mol. The zero-order valence-corrected chi connectivity index (χ0v) is 12.7. The van der Waals surface area contributed by atoms with E-state index >= 15 is 0 Å². The highest BCUT2D eigenvalue weighted by Crippen LogP contribution is 2.34. The van der Waals surface area contributed by atoms with Crippen LogP contribution in [0, 0.1) is 6.92 Å². The highest BCUT2D eigenvalue weighted by atomic mass is 15.2. The maximum Gasteiger partial charge on any atom is 0.136 e. The van der Waals surface area contributed by atoms with Crippen molar-refractivity contribution in [1.82, 2.24) is 4.98 Å². The second-order valence-electron chi connectivity index (χ2n) is 6.51. The quantitative estimate of drug-likeness (QED) is 0.917. The summed E-state index contributed by atoms with van der Waals surface area (Å²) in [5, 5.41) is 6.26. The standard InChI is InChI=1S/C18H23N3/c1-13-5-8-15-16(11-13)18(21-9-3-2-4-10-21)19-12-17(15)20-14-6-7-14/h5,8,11-12,14,20H,2-4,6-7,9-10H2,1H3. The highest BCUT2D eigenvalue weighted by molar-refractivity contribution is 6.00. The van der Waals surface area contributed by atoms with Crippen LogP contribution in [0.15, 0.2) is 24.4 Å². The lowest BCUT2D eigenvalue weighted by Gasteiger charge is -2.29. The first kappa shape index (κ1) is 12.9. The molecule has 0 amide bonds. The molecular formula is C18H23N3. The van der Waals surface area contributed by atoms with Gasteiger partial charge in [0.2, 0.25) is 0 Å². The highest BCUT2D eigenvalue weighted by Gasteiger charge is 2.23. The van der Waals surface area contributed by atoms with Crippen molar-refractivity contribution in [1.29, 1.82) is 0 Å². The number of fused-ring (bicyclic) bond motifs is 1. The molecule has 21 heavy (non-hydrogen) atoms. The van der Waals surface area contributed by atoms with Crippen molar-refractivity contribution in [3.8, 4) is 0 Å². The first-order chi connectivity index (χ1) is 10.3. The summed E-state index contributed by atoms with van der Waals surface area (Å²) in [4.78, 5) is 7.28. The van der Waals surface area contributed by atoms with Gasteiger partial charge in [0, 0.05) is 29.9 Å². The minimum absolute atomic E-state index is 0.664. The molecule has 2 heterocycles. The molecule has 3 nitrogen and oxygen atoms in total. The van der Waals surface area contributed by atoms with E-state index in [1.807, 2.05) is 6.20 Å². The maximum atomic E-state index is 4.82. The zero-order chi connectivity index (χ0) is 14.2. The van der Waals surface area contributed by atoms with Gasteiger partial charge < -0.3 is 10.2 Å². The van der Waals surface area contributed by atoms with Crippen LogP contribution in [0.3, 0.4) is 0 Å². The van der Waals surface area contributed by atoms with E-state index in [0.717, 1.165) is 13.1 Å². The number of aromatic nitrogens is 1. The number of hydrogen-bond donors (Lipinski definition) is 1. The molecule has 0 atom stereocenters. The Bertz CT molecular complexity index is 655. The molecule has 0 radical (unpaired) electrons. The van der Waals surface area contributed by atoms with Crippen molar-refractivity contribution in [3.63, 3.8) is 0 Å². The number of anilines is 2. The van der Waals surface area contributed by atoms with Gasteiger partial charge in [-0.05, 0) is 45.1 Å². The molecule has 110 valence electrons. The van der Waals surface area contributed by atoms with Gasteiger partial charge >= 0.3 is 0 Å². The van der Waals surface area contributed by atoms with Crippen LogP contribution in [0.1, 0.15) is 37.7 Å². The van der Waals surface area contributed by atoms with Crippen LogP contribution in [-0.2, 0) is 0 Å². The Morgan fingerprint density at radius 3 is 2.67 bits per heavy atom. The summed E-state index contributed by atoms with van der Waals surface area (Å²) >= 11 is 0. The molecule has 4 rings (SSSR count). The fourth-order valence-electron chi connectivity index (χ4n) is 3.26. The van der Waals surface area contributed by atoms with E-state index in [1.54, 1.807) is 0 Å². The topological polar surface area (TPSA) is 28.2 Å². The molecule has 2 aromatic rings. The van der Waals surface area contributed by atoms with E-state index in [9.17, 15) is 0 Å². The summed E-state index contributed by atoms with van der Waals surface area (Å²) in [6.45, 7) is 4.46. The number of rotatable bonds is 3. The molecule has 3 heteroatoms. The molecule has 1 aliphatic carbocycles. The minimum atomic E-state index is 0.664. The Hall–Kier alpha value is -1.77. The van der Waals surface area contributed by atoms with Crippen molar-refractivity contribution >= 4 is 22.3 Å². The monoisotopic (exact) mass is 281 g/mol. The summed E-state index contributed by atoms with van der Waals surface area (Å²) in [5.41, 5.74) is 2.51. The van der Waals surface area contributed by atoms with Crippen molar-refractivity contribution in [2.45, 2.75) is 45.1 Å². The molecule has 1 aromatic heterocycles. The molecular weight excluding hydrogens is 258 g/mol. The molecule has 1 aromatic carbocycles. The van der Waals surface area contributed by atoms with Gasteiger partial charge in [-0.3, -0.25) is 0 Å². The van der Waals surface area contributed by atoms with Crippen LogP contribution < -0.4 is 10.2 Å². The summed E-state index contributed by atoms with van der Waals surface area (Å²) in [7, 11) is 0. The Morgan fingerprint density at radius 2 is 1.90 bits per heavy atom. The molecule has 1 saturated heterocycles. The largest absolute Gasteiger partial charge is 0.381 e. The van der Waals surface area contributed by atoms with Gasteiger partial charge in [-0.2, -0.15) is 0 Å². The van der Waals surface area contributed by atoms with Crippen LogP contribution in [-0.4, -0.2) is 24.1 Å². The fourth-order valence-corrected chi connectivity index (χ4v) is 3.26. The summed E-state index contributed by atoms with van der Waals surface area (Å²) in [6.07, 6.45) is 8.56. The van der Waals surface area contributed by atoms with E-state index in [4.69, 9.17) is 4.98 Å². The van der Waals surface area contributed by atoms with E-state index in [2.05, 4.69) is 35.3 Å². The molecule has 1 saturated carbocycles. The van der Waals surface area contributed by atoms with Gasteiger partial charge in [0.1, 0.15) is 5.82 Å². The lowest BCUT2D eigenvalue weighted by atomic mass is 10.1. The first-order valence-corrected chi connectivity index (χ1v) is 8.22. The smallest absolute Gasteiger partial charge is 0.136 e. The third kappa shape index (κ3) is 2.57. The van der Waals surface area contributed by atoms with Gasteiger partial charge in [0.25, 0.3) is 0 Å². The van der Waals surface area contributed by atoms with Gasteiger partial charge in [-0.15, -0.1) is 0 Å². The SMILES string of the molecule is Cc1ccc2c(NC3CC3)cnc(N3CCCCC3)c2c1. The number of nitrogens with zero attached hydrogens (tertiary/aromatic N) is 2. The number of aryl methyl sites for hydroxylation is 1. The average Bonchev–Trinajstić information content (AvgIpc) is 3.32. The van der Waals surface area contributed by atoms with E-state index in [1.165, 1.54) is 59.9 Å². The van der Waals surface area contributed by atoms with E-state index in [-0.39, 0.29) is 0 Å². The lowest BCUT2D eigenvalue weighted by molar-refractivity contribution is 0.575. The maximum absolute atomic E-state index is 4.82. The third-order valence-electron chi connectivity index (χ3n) is 4.61. The van der Waals surface area contributed by atoms with Crippen LogP contribution in [0.25, 0.3) is 10.8 Å². The number of benzene rings is 1. The first-order valence-electron chi connectivity index (χ1n) is 8.22. The molecule has 2 aliphatic rings. The van der Waals surface area contributed by atoms with Crippen LogP contribution in [0.4, 0.5) is 11.5 Å². The Kier molecular flexibility index (Phi) is 3.21. The van der Waals surface area contributed by atoms with Gasteiger partial charge in [0.15, 0.2) is 0 Å². The van der Waals surface area contributed by atoms with Crippen LogP contribution in [0.5, 0.6) is 0 Å². The number of hydrogen-bond acceptors (Lipinski definition) is 3. The number of pyridine rings is 1. The van der Waals surface area contributed by atoms with Gasteiger partial charge in [-0.25, -0.2) is 4.98 Å². The number of nitrogens with one attached hydrogen (secondary N) is 1. The van der Waals surface area contributed by atoms with Crippen molar-refractivity contribution < 1.29 is 0 Å². The van der Waals surface area contributed by atoms with Gasteiger partial charge in [0.05, 0.1) is 11.9 Å². The molecule has 1 aliphatic heterocycles. The van der Waals surface area contributed by atoms with Gasteiger partial charge in [-0.1, -0.05) is 17.7 Å². The molecule has 0 spiro atoms. The van der Waals surface area contributed by atoms with Crippen LogP contribution in [0.2, 0.25) is 0 Å². The zero-order valence-electron chi connectivity index (χ0n) is 12.7. The fraction of sp³-hybridized carbons (Fsp3) is 0.500. The van der Waals surface area contributed by atoms with E-state index in [0.29, 0.717) is 6.04 Å². The third-order valence-corrected chi connectivity index (χ3v) is 4.61. The second-order valence-corrected chi connectivity index (χ2v) is 6.51. The Balaban J connectivity index is 1.80. The predicted octanol–water partition coefficient (Wildman–Crippen LogP) is 4.11.